The van der Waals surface area contributed by atoms with Crippen molar-refractivity contribution in [3.8, 4) is 28.4 Å². The minimum absolute atomic E-state index is 0.0745. The average molecular weight is 411 g/mol. The number of carbonyl (C=O) groups is 2. The number of amides is 1. The van der Waals surface area contributed by atoms with Gasteiger partial charge in [0, 0.05) is 17.7 Å². The van der Waals surface area contributed by atoms with E-state index in [1.54, 1.807) is 19.2 Å². The number of esters is 1. The van der Waals surface area contributed by atoms with Gasteiger partial charge in [-0.25, -0.2) is 4.79 Å². The third-order valence-corrected chi connectivity index (χ3v) is 5.64. The van der Waals surface area contributed by atoms with Gasteiger partial charge in [0.15, 0.2) is 18.1 Å². The second-order valence-electron chi connectivity index (χ2n) is 7.50. The molecule has 0 unspecified atom stereocenters. The van der Waals surface area contributed by atoms with Gasteiger partial charge in [-0.05, 0) is 54.2 Å². The summed E-state index contributed by atoms with van der Waals surface area (Å²) in [5, 5.41) is 2.82. The van der Waals surface area contributed by atoms with Crippen molar-refractivity contribution in [1.82, 2.24) is 5.32 Å². The zero-order chi connectivity index (χ0) is 21.1. The molecule has 30 heavy (non-hydrogen) atoms. The summed E-state index contributed by atoms with van der Waals surface area (Å²) in [4.78, 5) is 24.0. The molecular formula is C23H25NO6. The van der Waals surface area contributed by atoms with Gasteiger partial charge in [0.25, 0.3) is 5.91 Å². The predicted octanol–water partition coefficient (Wildman–Crippen LogP) is 3.34. The highest BCUT2D eigenvalue weighted by molar-refractivity contribution is 5.99. The maximum absolute atomic E-state index is 12.2. The number of fused-ring (bicyclic) bond motifs is 1. The summed E-state index contributed by atoms with van der Waals surface area (Å²) in [7, 11) is 3.07. The van der Waals surface area contributed by atoms with Crippen molar-refractivity contribution >= 4 is 11.9 Å². The highest BCUT2D eigenvalue weighted by atomic mass is 16.6. The lowest BCUT2D eigenvalue weighted by Crippen LogP contribution is -2.23. The Kier molecular flexibility index (Phi) is 5.79. The van der Waals surface area contributed by atoms with E-state index in [2.05, 4.69) is 5.32 Å². The summed E-state index contributed by atoms with van der Waals surface area (Å²) in [6.07, 6.45) is 3.42. The first-order valence-corrected chi connectivity index (χ1v) is 10.1. The van der Waals surface area contributed by atoms with E-state index in [0.717, 1.165) is 29.5 Å². The largest absolute Gasteiger partial charge is 0.493 e. The van der Waals surface area contributed by atoms with E-state index in [1.165, 1.54) is 13.5 Å². The molecule has 0 aromatic heterocycles. The highest BCUT2D eigenvalue weighted by Gasteiger charge is 2.24. The molecule has 7 nitrogen and oxygen atoms in total. The van der Waals surface area contributed by atoms with Crippen LogP contribution in [0, 0.1) is 5.92 Å². The van der Waals surface area contributed by atoms with Gasteiger partial charge >= 0.3 is 5.97 Å². The van der Waals surface area contributed by atoms with Gasteiger partial charge in [0.1, 0.15) is 0 Å². The molecule has 0 spiro atoms. The molecule has 1 aliphatic heterocycles. The fourth-order valence-corrected chi connectivity index (χ4v) is 3.71. The Morgan fingerprint density at radius 1 is 1.07 bits per heavy atom. The molecule has 158 valence electrons. The van der Waals surface area contributed by atoms with E-state index in [0.29, 0.717) is 41.9 Å². The van der Waals surface area contributed by atoms with Crippen molar-refractivity contribution < 1.29 is 28.5 Å². The standard InChI is InChI=1S/C23H25NO6/c1-27-19-9-8-17(15-6-7-18-16(10-15)11-24-23(18)26)21(22(19)28-2)30-13-20(25)29-12-14-4-3-5-14/h6-10,14H,3-5,11-13H2,1-2H3,(H,24,26). The van der Waals surface area contributed by atoms with Crippen LogP contribution in [0.15, 0.2) is 30.3 Å². The smallest absolute Gasteiger partial charge is 0.344 e. The fraction of sp³-hybridized carbons (Fsp3) is 0.391. The van der Waals surface area contributed by atoms with Crippen LogP contribution in [0.1, 0.15) is 35.2 Å². The minimum atomic E-state index is -0.415. The van der Waals surface area contributed by atoms with Crippen LogP contribution < -0.4 is 19.5 Å². The van der Waals surface area contributed by atoms with E-state index < -0.39 is 5.97 Å². The molecule has 1 amide bonds. The molecule has 7 heteroatoms. The topological polar surface area (TPSA) is 83.1 Å². The Bertz CT molecular complexity index is 966. The van der Waals surface area contributed by atoms with Crippen LogP contribution in [0.4, 0.5) is 0 Å². The maximum Gasteiger partial charge on any atom is 0.344 e. The number of carbonyl (C=O) groups excluding carboxylic acids is 2. The number of hydrogen-bond donors (Lipinski definition) is 1. The van der Waals surface area contributed by atoms with Crippen LogP contribution in [0.3, 0.4) is 0 Å². The van der Waals surface area contributed by atoms with Crippen LogP contribution in [0.5, 0.6) is 17.2 Å². The number of nitrogens with one attached hydrogen (secondary N) is 1. The van der Waals surface area contributed by atoms with Crippen molar-refractivity contribution in [1.29, 1.82) is 0 Å². The molecule has 4 rings (SSSR count). The zero-order valence-electron chi connectivity index (χ0n) is 17.2. The molecule has 0 radical (unpaired) electrons. The lowest BCUT2D eigenvalue weighted by atomic mass is 9.86. The number of ether oxygens (including phenoxy) is 4. The van der Waals surface area contributed by atoms with Crippen LogP contribution in [0.25, 0.3) is 11.1 Å². The fourth-order valence-electron chi connectivity index (χ4n) is 3.71. The molecule has 1 fully saturated rings. The number of methoxy groups -OCH3 is 2. The zero-order valence-corrected chi connectivity index (χ0v) is 17.2. The molecule has 2 aromatic rings. The molecule has 2 aliphatic rings. The molecule has 1 aliphatic carbocycles. The van der Waals surface area contributed by atoms with Gasteiger partial charge in [0.2, 0.25) is 5.75 Å². The summed E-state index contributed by atoms with van der Waals surface area (Å²) in [5.41, 5.74) is 3.17. The van der Waals surface area contributed by atoms with E-state index in [4.69, 9.17) is 18.9 Å². The van der Waals surface area contributed by atoms with E-state index in [9.17, 15) is 9.59 Å². The van der Waals surface area contributed by atoms with Crippen LogP contribution in [-0.4, -0.2) is 39.3 Å². The summed E-state index contributed by atoms with van der Waals surface area (Å²) >= 11 is 0. The maximum atomic E-state index is 12.2. The normalized spacial score (nSPS) is 15.1. The Morgan fingerprint density at radius 3 is 2.57 bits per heavy atom. The Labute approximate surface area is 175 Å². The molecule has 1 heterocycles. The van der Waals surface area contributed by atoms with Gasteiger partial charge in [-0.2, -0.15) is 0 Å². The third-order valence-electron chi connectivity index (χ3n) is 5.64. The molecule has 2 aromatic carbocycles. The summed E-state index contributed by atoms with van der Waals surface area (Å²) in [6.45, 7) is 0.698. The summed E-state index contributed by atoms with van der Waals surface area (Å²) < 4.78 is 22.1. The monoisotopic (exact) mass is 411 g/mol. The van der Waals surface area contributed by atoms with Gasteiger partial charge in [0.05, 0.1) is 20.8 Å². The highest BCUT2D eigenvalue weighted by Crippen LogP contribution is 2.45. The second-order valence-corrected chi connectivity index (χ2v) is 7.50. The van der Waals surface area contributed by atoms with Crippen LogP contribution >= 0.6 is 0 Å². The number of rotatable bonds is 8. The minimum Gasteiger partial charge on any atom is -0.493 e. The molecule has 0 saturated heterocycles. The predicted molar refractivity (Wildman–Crippen MR) is 110 cm³/mol. The molecule has 1 N–H and O–H groups in total. The van der Waals surface area contributed by atoms with Crippen molar-refractivity contribution in [2.75, 3.05) is 27.4 Å². The summed E-state index contributed by atoms with van der Waals surface area (Å²) in [6, 6.07) is 9.22. The molecule has 0 atom stereocenters. The number of benzene rings is 2. The SMILES string of the molecule is COc1ccc(-c2ccc3c(c2)CNC3=O)c(OCC(=O)OCC2CCC2)c1OC. The van der Waals surface area contributed by atoms with Crippen LogP contribution in [-0.2, 0) is 16.1 Å². The molecule has 0 bridgehead atoms. The van der Waals surface area contributed by atoms with Gasteiger partial charge in [-0.3, -0.25) is 4.79 Å². The van der Waals surface area contributed by atoms with E-state index in [1.807, 2.05) is 18.2 Å². The first kappa shape index (κ1) is 20.1. The molecule has 1 saturated carbocycles. The Balaban J connectivity index is 1.60. The third kappa shape index (κ3) is 3.92. The lowest BCUT2D eigenvalue weighted by molar-refractivity contribution is -0.148. The Morgan fingerprint density at radius 2 is 1.87 bits per heavy atom. The van der Waals surface area contributed by atoms with Gasteiger partial charge < -0.3 is 24.3 Å². The quantitative estimate of drug-likeness (QED) is 0.671. The van der Waals surface area contributed by atoms with Crippen molar-refractivity contribution in [3.63, 3.8) is 0 Å². The first-order valence-electron chi connectivity index (χ1n) is 10.1. The first-order chi connectivity index (χ1) is 14.6. The summed E-state index contributed by atoms with van der Waals surface area (Å²) in [5.74, 6) is 1.28. The Hall–Kier alpha value is -3.22. The average Bonchev–Trinajstić information content (AvgIpc) is 3.10. The van der Waals surface area contributed by atoms with Gasteiger partial charge in [-0.1, -0.05) is 12.5 Å². The van der Waals surface area contributed by atoms with Crippen molar-refractivity contribution in [2.45, 2.75) is 25.8 Å². The lowest BCUT2D eigenvalue weighted by Gasteiger charge is -2.24. The molecular weight excluding hydrogens is 386 g/mol. The van der Waals surface area contributed by atoms with E-state index >= 15 is 0 Å². The van der Waals surface area contributed by atoms with Crippen molar-refractivity contribution in [3.05, 3.63) is 41.5 Å². The van der Waals surface area contributed by atoms with Crippen LogP contribution in [0.2, 0.25) is 0 Å². The van der Waals surface area contributed by atoms with E-state index in [-0.39, 0.29) is 12.5 Å². The number of hydrogen-bond acceptors (Lipinski definition) is 6. The second kappa shape index (κ2) is 8.65. The van der Waals surface area contributed by atoms with Gasteiger partial charge in [-0.15, -0.1) is 0 Å². The van der Waals surface area contributed by atoms with Crippen molar-refractivity contribution in [2.24, 2.45) is 5.92 Å².